The maximum absolute atomic E-state index is 12.7. The molecule has 2 aliphatic carbocycles. The molecule has 3 fully saturated rings. The van der Waals surface area contributed by atoms with Crippen molar-refractivity contribution in [2.45, 2.75) is 57.4 Å². The molecule has 0 unspecified atom stereocenters. The molecule has 0 atom stereocenters. The van der Waals surface area contributed by atoms with E-state index in [-0.39, 0.29) is 17.9 Å². The molecule has 4 rings (SSSR count). The summed E-state index contributed by atoms with van der Waals surface area (Å²) in [6, 6.07) is 8.25. The number of anilines is 2. The molecule has 0 spiro atoms. The van der Waals surface area contributed by atoms with Crippen molar-refractivity contribution in [1.29, 1.82) is 0 Å². The Morgan fingerprint density at radius 1 is 0.920 bits per heavy atom. The molecular weight excluding hydrogens is 314 g/mol. The van der Waals surface area contributed by atoms with Gasteiger partial charge < -0.3 is 15.5 Å². The summed E-state index contributed by atoms with van der Waals surface area (Å²) in [5.41, 5.74) is 1.14. The van der Waals surface area contributed by atoms with Gasteiger partial charge in [0.25, 0.3) is 0 Å². The Balaban J connectivity index is 1.36. The topological polar surface area (TPSA) is 61.4 Å². The van der Waals surface area contributed by atoms with Crippen LogP contribution < -0.4 is 15.5 Å². The second kappa shape index (κ2) is 6.70. The summed E-state index contributed by atoms with van der Waals surface area (Å²) >= 11 is 0. The predicted octanol–water partition coefficient (Wildman–Crippen LogP) is 3.06. The van der Waals surface area contributed by atoms with Crippen molar-refractivity contribution in [3.63, 3.8) is 0 Å². The number of hydrogen-bond donors (Lipinski definition) is 2. The van der Waals surface area contributed by atoms with Crippen LogP contribution in [0.2, 0.25) is 0 Å². The fourth-order valence-electron chi connectivity index (χ4n) is 4.06. The number of carbonyl (C=O) groups is 2. The summed E-state index contributed by atoms with van der Waals surface area (Å²) in [4.78, 5) is 27.6. The largest absolute Gasteiger partial charge is 0.372 e. The predicted molar refractivity (Wildman–Crippen MR) is 98.6 cm³/mol. The fourth-order valence-corrected chi connectivity index (χ4v) is 4.06. The minimum absolute atomic E-state index is 0.0782. The molecule has 2 amide bonds. The van der Waals surface area contributed by atoms with Crippen LogP contribution in [-0.2, 0) is 9.59 Å². The zero-order chi connectivity index (χ0) is 17.3. The lowest BCUT2D eigenvalue weighted by molar-refractivity contribution is -0.134. The molecule has 5 nitrogen and oxygen atoms in total. The number of amides is 2. The number of nitrogens with zero attached hydrogens (tertiary/aromatic N) is 1. The fraction of sp³-hybridized carbons (Fsp3) is 0.600. The van der Waals surface area contributed by atoms with Gasteiger partial charge in [-0.1, -0.05) is 12.8 Å². The second-order valence-electron chi connectivity index (χ2n) is 7.73. The number of carbonyl (C=O) groups excluding carboxylic acids is 2. The van der Waals surface area contributed by atoms with Crippen molar-refractivity contribution in [2.75, 3.05) is 23.3 Å². The highest BCUT2D eigenvalue weighted by atomic mass is 16.2. The van der Waals surface area contributed by atoms with Gasteiger partial charge in [-0.2, -0.15) is 0 Å². The van der Waals surface area contributed by atoms with Crippen molar-refractivity contribution in [3.05, 3.63) is 24.3 Å². The van der Waals surface area contributed by atoms with Gasteiger partial charge in [0, 0.05) is 30.5 Å². The zero-order valence-electron chi connectivity index (χ0n) is 14.7. The molecule has 1 saturated heterocycles. The third-order valence-electron chi connectivity index (χ3n) is 5.91. The average molecular weight is 341 g/mol. The highest BCUT2D eigenvalue weighted by molar-refractivity contribution is 6.13. The molecule has 1 aliphatic heterocycles. The Kier molecular flexibility index (Phi) is 4.40. The van der Waals surface area contributed by atoms with Crippen molar-refractivity contribution in [2.24, 2.45) is 5.41 Å². The Morgan fingerprint density at radius 2 is 1.56 bits per heavy atom. The Bertz CT molecular complexity index is 639. The van der Waals surface area contributed by atoms with Crippen molar-refractivity contribution >= 4 is 23.2 Å². The third kappa shape index (κ3) is 3.37. The maximum Gasteiger partial charge on any atom is 0.240 e. The van der Waals surface area contributed by atoms with E-state index >= 15 is 0 Å². The number of nitrogens with one attached hydrogen (secondary N) is 2. The SMILES string of the molecule is O=C(Nc1ccc(N2CCCC2)cc1)C1(C(=O)NC2CCCC2)CC1. The molecule has 2 N–H and O–H groups in total. The van der Waals surface area contributed by atoms with Gasteiger partial charge in [0.05, 0.1) is 0 Å². The summed E-state index contributed by atoms with van der Waals surface area (Å²) in [7, 11) is 0. The van der Waals surface area contributed by atoms with Gasteiger partial charge in [-0.05, 0) is 62.8 Å². The minimum Gasteiger partial charge on any atom is -0.372 e. The number of hydrogen-bond acceptors (Lipinski definition) is 3. The first-order valence-electron chi connectivity index (χ1n) is 9.65. The Morgan fingerprint density at radius 3 is 2.16 bits per heavy atom. The van der Waals surface area contributed by atoms with E-state index in [4.69, 9.17) is 0 Å². The molecule has 134 valence electrons. The molecule has 1 aromatic rings. The Labute approximate surface area is 149 Å². The van der Waals surface area contributed by atoms with E-state index in [9.17, 15) is 9.59 Å². The van der Waals surface area contributed by atoms with Gasteiger partial charge in [0.15, 0.2) is 0 Å². The summed E-state index contributed by atoms with van der Waals surface area (Å²) in [6.07, 6.45) is 8.24. The first-order valence-corrected chi connectivity index (χ1v) is 9.65. The smallest absolute Gasteiger partial charge is 0.240 e. The first-order chi connectivity index (χ1) is 12.2. The van der Waals surface area contributed by atoms with E-state index in [1.807, 2.05) is 12.1 Å². The quantitative estimate of drug-likeness (QED) is 0.809. The maximum atomic E-state index is 12.7. The van der Waals surface area contributed by atoms with E-state index in [2.05, 4.69) is 27.7 Å². The van der Waals surface area contributed by atoms with Crippen molar-refractivity contribution in [3.8, 4) is 0 Å². The van der Waals surface area contributed by atoms with Crippen LogP contribution in [0.3, 0.4) is 0 Å². The lowest BCUT2D eigenvalue weighted by Gasteiger charge is -2.20. The summed E-state index contributed by atoms with van der Waals surface area (Å²) in [6.45, 7) is 2.21. The van der Waals surface area contributed by atoms with Crippen LogP contribution in [0.5, 0.6) is 0 Å². The molecule has 0 bridgehead atoms. The van der Waals surface area contributed by atoms with Crippen molar-refractivity contribution in [1.82, 2.24) is 5.32 Å². The van der Waals surface area contributed by atoms with E-state index < -0.39 is 5.41 Å². The van der Waals surface area contributed by atoms with Crippen LogP contribution in [0, 0.1) is 5.41 Å². The molecule has 25 heavy (non-hydrogen) atoms. The average Bonchev–Trinajstić information content (AvgIpc) is 3.01. The van der Waals surface area contributed by atoms with E-state index in [0.29, 0.717) is 12.8 Å². The van der Waals surface area contributed by atoms with E-state index in [1.165, 1.54) is 31.4 Å². The lowest BCUT2D eigenvalue weighted by atomic mass is 10.0. The van der Waals surface area contributed by atoms with Gasteiger partial charge in [-0.3, -0.25) is 9.59 Å². The lowest BCUT2D eigenvalue weighted by Crippen LogP contribution is -2.43. The molecule has 2 saturated carbocycles. The highest BCUT2D eigenvalue weighted by Crippen LogP contribution is 2.47. The summed E-state index contributed by atoms with van der Waals surface area (Å²) < 4.78 is 0. The molecular formula is C20H27N3O2. The standard InChI is InChI=1S/C20H27N3O2/c24-18(21-15-5-1-2-6-15)20(11-12-20)19(25)22-16-7-9-17(10-8-16)23-13-3-4-14-23/h7-10,15H,1-6,11-14H2,(H,21,24)(H,22,25). The van der Waals surface area contributed by atoms with Gasteiger partial charge >= 0.3 is 0 Å². The van der Waals surface area contributed by atoms with Crippen molar-refractivity contribution < 1.29 is 9.59 Å². The second-order valence-corrected chi connectivity index (χ2v) is 7.73. The Hall–Kier alpha value is -2.04. The summed E-state index contributed by atoms with van der Waals surface area (Å²) in [5.74, 6) is -0.234. The van der Waals surface area contributed by atoms with Crippen LogP contribution in [0.25, 0.3) is 0 Å². The monoisotopic (exact) mass is 341 g/mol. The first kappa shape index (κ1) is 16.4. The number of rotatable bonds is 5. The van der Waals surface area contributed by atoms with Crippen LogP contribution in [0.4, 0.5) is 11.4 Å². The minimum atomic E-state index is -0.837. The van der Waals surface area contributed by atoms with Gasteiger partial charge in [0.1, 0.15) is 5.41 Å². The van der Waals surface area contributed by atoms with Gasteiger partial charge in [-0.25, -0.2) is 0 Å². The van der Waals surface area contributed by atoms with E-state index in [0.717, 1.165) is 31.6 Å². The van der Waals surface area contributed by atoms with Crippen LogP contribution >= 0.6 is 0 Å². The molecule has 0 aromatic heterocycles. The van der Waals surface area contributed by atoms with Crippen LogP contribution in [0.15, 0.2) is 24.3 Å². The van der Waals surface area contributed by atoms with E-state index in [1.54, 1.807) is 0 Å². The van der Waals surface area contributed by atoms with Gasteiger partial charge in [-0.15, -0.1) is 0 Å². The molecule has 0 radical (unpaired) electrons. The van der Waals surface area contributed by atoms with Crippen LogP contribution in [0.1, 0.15) is 51.4 Å². The molecule has 3 aliphatic rings. The van der Waals surface area contributed by atoms with Gasteiger partial charge in [0.2, 0.25) is 11.8 Å². The third-order valence-corrected chi connectivity index (χ3v) is 5.91. The van der Waals surface area contributed by atoms with Crippen LogP contribution in [-0.4, -0.2) is 30.9 Å². The number of benzene rings is 1. The summed E-state index contributed by atoms with van der Waals surface area (Å²) in [5, 5.41) is 6.04. The highest BCUT2D eigenvalue weighted by Gasteiger charge is 2.56. The zero-order valence-corrected chi connectivity index (χ0v) is 14.7. The molecule has 1 aromatic carbocycles. The normalized spacial score (nSPS) is 22.0. The molecule has 5 heteroatoms. The molecule has 1 heterocycles.